The molecule has 240 valence electrons. The summed E-state index contributed by atoms with van der Waals surface area (Å²) in [6, 6.07) is 7.40. The molecule has 6 rings (SSSR count). The summed E-state index contributed by atoms with van der Waals surface area (Å²) in [5, 5.41) is 12.8. The SMILES string of the molecule is CN1CCN(c2ccc(C(=O)Nc3n[nH]c4c3CN(S(=O)(=O)c3cc(F)cc(F)c3)C4(C)C)c(NC(=O)C3CCOC3)c2)CC1. The molecule has 1 unspecified atom stereocenters. The van der Waals surface area contributed by atoms with Crippen molar-refractivity contribution in [2.45, 2.75) is 37.2 Å². The molecule has 3 aromatic rings. The minimum atomic E-state index is -4.35. The van der Waals surface area contributed by atoms with Gasteiger partial charge in [0.25, 0.3) is 5.91 Å². The van der Waals surface area contributed by atoms with E-state index in [0.29, 0.717) is 42.6 Å². The van der Waals surface area contributed by atoms with E-state index in [-0.39, 0.29) is 29.8 Å². The zero-order valence-corrected chi connectivity index (χ0v) is 26.0. The summed E-state index contributed by atoms with van der Waals surface area (Å²) in [7, 11) is -2.29. The van der Waals surface area contributed by atoms with Crippen LogP contribution < -0.4 is 15.5 Å². The van der Waals surface area contributed by atoms with E-state index in [9.17, 15) is 26.8 Å². The van der Waals surface area contributed by atoms with Gasteiger partial charge in [0.2, 0.25) is 15.9 Å². The van der Waals surface area contributed by atoms with Crippen LogP contribution in [0.4, 0.5) is 26.0 Å². The third kappa shape index (κ3) is 5.92. The average Bonchev–Trinajstić information content (AvgIpc) is 3.72. The molecule has 15 heteroatoms. The number of halogens is 2. The third-order valence-corrected chi connectivity index (χ3v) is 10.7. The molecule has 1 atom stereocenters. The first kappa shape index (κ1) is 31.1. The highest BCUT2D eigenvalue weighted by atomic mass is 32.2. The van der Waals surface area contributed by atoms with Crippen LogP contribution in [0.25, 0.3) is 0 Å². The molecule has 2 fully saturated rings. The summed E-state index contributed by atoms with van der Waals surface area (Å²) in [6.45, 7) is 7.21. The number of carbonyl (C=O) groups excluding carboxylic acids is 2. The number of aromatic nitrogens is 2. The monoisotopic (exact) mass is 643 g/mol. The Morgan fingerprint density at radius 1 is 1.04 bits per heavy atom. The van der Waals surface area contributed by atoms with E-state index in [0.717, 1.165) is 48.3 Å². The van der Waals surface area contributed by atoms with Crippen molar-refractivity contribution < 1.29 is 31.5 Å². The molecule has 12 nitrogen and oxygen atoms in total. The number of hydrogen-bond acceptors (Lipinski definition) is 8. The van der Waals surface area contributed by atoms with Gasteiger partial charge in [-0.15, -0.1) is 0 Å². The largest absolute Gasteiger partial charge is 0.381 e. The molecule has 45 heavy (non-hydrogen) atoms. The van der Waals surface area contributed by atoms with Gasteiger partial charge in [-0.1, -0.05) is 0 Å². The highest BCUT2D eigenvalue weighted by Gasteiger charge is 2.48. The second-order valence-electron chi connectivity index (χ2n) is 12.1. The van der Waals surface area contributed by atoms with Gasteiger partial charge in [-0.2, -0.15) is 9.40 Å². The predicted molar refractivity (Wildman–Crippen MR) is 162 cm³/mol. The first-order valence-electron chi connectivity index (χ1n) is 14.7. The van der Waals surface area contributed by atoms with Crippen LogP contribution in [-0.2, 0) is 31.6 Å². The van der Waals surface area contributed by atoms with Crippen LogP contribution in [0.3, 0.4) is 0 Å². The lowest BCUT2D eigenvalue weighted by atomic mass is 10.0. The number of sulfonamides is 1. The summed E-state index contributed by atoms with van der Waals surface area (Å²) in [5.41, 5.74) is 1.07. The number of fused-ring (bicyclic) bond motifs is 1. The number of nitrogens with zero attached hydrogens (tertiary/aromatic N) is 4. The fourth-order valence-electron chi connectivity index (χ4n) is 6.03. The van der Waals surface area contributed by atoms with Crippen LogP contribution in [0.2, 0.25) is 0 Å². The van der Waals surface area contributed by atoms with Gasteiger partial charge in [-0.05, 0) is 57.6 Å². The Morgan fingerprint density at radius 2 is 1.76 bits per heavy atom. The van der Waals surface area contributed by atoms with Gasteiger partial charge in [0.1, 0.15) is 11.6 Å². The Labute approximate surface area is 259 Å². The minimum absolute atomic E-state index is 0.107. The Balaban J connectivity index is 1.27. The number of carbonyl (C=O) groups is 2. The molecule has 2 saturated heterocycles. The second-order valence-corrected chi connectivity index (χ2v) is 14.0. The zero-order chi connectivity index (χ0) is 32.1. The number of likely N-dealkylation sites (N-methyl/N-ethyl adjacent to an activating group) is 1. The molecule has 3 aliphatic rings. The molecule has 2 amide bonds. The highest BCUT2D eigenvalue weighted by molar-refractivity contribution is 7.89. The van der Waals surface area contributed by atoms with E-state index in [4.69, 9.17) is 4.74 Å². The van der Waals surface area contributed by atoms with Crippen LogP contribution in [0.15, 0.2) is 41.3 Å². The number of anilines is 3. The van der Waals surface area contributed by atoms with E-state index in [1.54, 1.807) is 26.0 Å². The van der Waals surface area contributed by atoms with Crippen molar-refractivity contribution in [3.8, 4) is 0 Å². The molecule has 3 N–H and O–H groups in total. The molecule has 0 bridgehead atoms. The summed E-state index contributed by atoms with van der Waals surface area (Å²) in [6.07, 6.45) is 0.586. The van der Waals surface area contributed by atoms with Gasteiger partial charge in [-0.25, -0.2) is 17.2 Å². The van der Waals surface area contributed by atoms with E-state index in [2.05, 4.69) is 37.7 Å². The highest BCUT2D eigenvalue weighted by Crippen LogP contribution is 2.44. The molecule has 3 aliphatic heterocycles. The van der Waals surface area contributed by atoms with Crippen molar-refractivity contribution in [2.75, 3.05) is 62.0 Å². The maximum atomic E-state index is 13.9. The molecular weight excluding hydrogens is 608 g/mol. The topological polar surface area (TPSA) is 140 Å². The normalized spacial score (nSPS) is 20.3. The lowest BCUT2D eigenvalue weighted by Gasteiger charge is -2.34. The Hall–Kier alpha value is -3.92. The van der Waals surface area contributed by atoms with Crippen LogP contribution in [0.1, 0.15) is 41.9 Å². The quantitative estimate of drug-likeness (QED) is 0.357. The lowest BCUT2D eigenvalue weighted by molar-refractivity contribution is -0.119. The molecule has 1 aromatic heterocycles. The minimum Gasteiger partial charge on any atom is -0.381 e. The number of rotatable bonds is 7. The first-order chi connectivity index (χ1) is 21.3. The van der Waals surface area contributed by atoms with Crippen molar-refractivity contribution >= 4 is 39.0 Å². The molecular formula is C30H35F2N7O5S. The van der Waals surface area contributed by atoms with Crippen molar-refractivity contribution in [1.82, 2.24) is 19.4 Å². The number of piperazine rings is 1. The summed E-state index contributed by atoms with van der Waals surface area (Å²) >= 11 is 0. The van der Waals surface area contributed by atoms with E-state index >= 15 is 0 Å². The summed E-state index contributed by atoms with van der Waals surface area (Å²) in [5.74, 6) is -3.05. The number of nitrogens with one attached hydrogen (secondary N) is 3. The zero-order valence-electron chi connectivity index (χ0n) is 25.2. The molecule has 0 radical (unpaired) electrons. The smallest absolute Gasteiger partial charge is 0.258 e. The molecule has 0 aliphatic carbocycles. The van der Waals surface area contributed by atoms with Crippen LogP contribution in [0, 0.1) is 17.6 Å². The van der Waals surface area contributed by atoms with Gasteiger partial charge in [-0.3, -0.25) is 14.7 Å². The van der Waals surface area contributed by atoms with Gasteiger partial charge in [0.15, 0.2) is 5.82 Å². The number of amides is 2. The molecule has 0 spiro atoms. The van der Waals surface area contributed by atoms with Gasteiger partial charge >= 0.3 is 0 Å². The number of benzene rings is 2. The van der Waals surface area contributed by atoms with Crippen molar-refractivity contribution in [2.24, 2.45) is 5.92 Å². The first-order valence-corrected chi connectivity index (χ1v) is 16.1. The standard InChI is InChI=1S/C30H35F2N7O5S/c1-30(2)26-24(16-39(30)45(42,43)22-13-19(31)12-20(32)14-22)27(36-35-26)34-29(41)23-5-4-21(38-9-7-37(3)8-10-38)15-25(23)33-28(40)18-6-11-44-17-18/h4-5,12-15,18H,6-11,16-17H2,1-3H3,(H,33,40)(H2,34,35,36,41). The second kappa shape index (κ2) is 11.8. The van der Waals surface area contributed by atoms with Crippen molar-refractivity contribution in [1.29, 1.82) is 0 Å². The number of aromatic amines is 1. The van der Waals surface area contributed by atoms with Crippen LogP contribution in [-0.4, -0.2) is 86.1 Å². The fraction of sp³-hybridized carbons (Fsp3) is 0.433. The maximum absolute atomic E-state index is 13.9. The Kier molecular flexibility index (Phi) is 8.14. The van der Waals surface area contributed by atoms with Gasteiger partial charge in [0, 0.05) is 56.6 Å². The van der Waals surface area contributed by atoms with E-state index in [1.165, 1.54) is 0 Å². The Bertz CT molecular complexity index is 1730. The average molecular weight is 644 g/mol. The summed E-state index contributed by atoms with van der Waals surface area (Å²) < 4.78 is 61.4. The van der Waals surface area contributed by atoms with Crippen LogP contribution in [0.5, 0.6) is 0 Å². The van der Waals surface area contributed by atoms with E-state index in [1.807, 2.05) is 6.07 Å². The molecule has 0 saturated carbocycles. The molecule has 2 aromatic carbocycles. The summed E-state index contributed by atoms with van der Waals surface area (Å²) in [4.78, 5) is 30.7. The fourth-order valence-corrected chi connectivity index (χ4v) is 7.80. The number of H-pyrrole nitrogens is 1. The van der Waals surface area contributed by atoms with Crippen molar-refractivity contribution in [3.63, 3.8) is 0 Å². The number of ether oxygens (including phenoxy) is 1. The van der Waals surface area contributed by atoms with Crippen molar-refractivity contribution in [3.05, 3.63) is 64.9 Å². The van der Waals surface area contributed by atoms with Gasteiger partial charge in [0.05, 0.1) is 39.9 Å². The maximum Gasteiger partial charge on any atom is 0.258 e. The number of hydrogen-bond donors (Lipinski definition) is 3. The predicted octanol–water partition coefficient (Wildman–Crippen LogP) is 3.11. The lowest BCUT2D eigenvalue weighted by Crippen LogP contribution is -2.44. The van der Waals surface area contributed by atoms with Gasteiger partial charge < -0.3 is 25.2 Å². The van der Waals surface area contributed by atoms with E-state index < -0.39 is 38.0 Å². The van der Waals surface area contributed by atoms with Crippen LogP contribution >= 0.6 is 0 Å². The molecule has 4 heterocycles. The third-order valence-electron chi connectivity index (χ3n) is 8.73. The Morgan fingerprint density at radius 3 is 2.42 bits per heavy atom.